The van der Waals surface area contributed by atoms with Gasteiger partial charge >= 0.3 is 0 Å². The molecule has 0 aromatic heterocycles. The number of rotatable bonds is 1. The topological polar surface area (TPSA) is 3.24 Å². The Kier molecular flexibility index (Phi) is 3.92. The van der Waals surface area contributed by atoms with E-state index in [4.69, 9.17) is 0 Å². The summed E-state index contributed by atoms with van der Waals surface area (Å²) in [5, 5.41) is 0. The quantitative estimate of drug-likeness (QED) is 0.562. The lowest BCUT2D eigenvalue weighted by atomic mass is 9.94. The standard InChI is InChI=1S/C10H21N/c1-3-10-6-4-5-8-11(2)9-7-10/h10H,3-9H2,1-2H3. The molecule has 1 heterocycles. The molecule has 1 aliphatic rings. The van der Waals surface area contributed by atoms with Crippen LogP contribution >= 0.6 is 0 Å². The molecule has 0 amide bonds. The molecule has 0 aromatic carbocycles. The van der Waals surface area contributed by atoms with E-state index in [9.17, 15) is 0 Å². The van der Waals surface area contributed by atoms with Crippen LogP contribution in [0.1, 0.15) is 39.0 Å². The zero-order valence-electron chi connectivity index (χ0n) is 7.97. The molecule has 1 aliphatic heterocycles. The van der Waals surface area contributed by atoms with Gasteiger partial charge in [-0.1, -0.05) is 26.2 Å². The third-order valence-corrected chi connectivity index (χ3v) is 2.90. The van der Waals surface area contributed by atoms with Crippen molar-refractivity contribution in [1.82, 2.24) is 4.90 Å². The molecular weight excluding hydrogens is 134 g/mol. The van der Waals surface area contributed by atoms with E-state index in [1.807, 2.05) is 0 Å². The monoisotopic (exact) mass is 155 g/mol. The summed E-state index contributed by atoms with van der Waals surface area (Å²) in [7, 11) is 2.25. The first-order valence-electron chi connectivity index (χ1n) is 5.01. The fourth-order valence-electron chi connectivity index (χ4n) is 1.88. The van der Waals surface area contributed by atoms with Gasteiger partial charge in [-0.3, -0.25) is 0 Å². The van der Waals surface area contributed by atoms with Crippen LogP contribution in [0.15, 0.2) is 0 Å². The van der Waals surface area contributed by atoms with Crippen LogP contribution in [-0.2, 0) is 0 Å². The normalized spacial score (nSPS) is 29.5. The summed E-state index contributed by atoms with van der Waals surface area (Å²) >= 11 is 0. The molecule has 0 saturated carbocycles. The maximum absolute atomic E-state index is 2.47. The van der Waals surface area contributed by atoms with Gasteiger partial charge in [-0.15, -0.1) is 0 Å². The van der Waals surface area contributed by atoms with Crippen molar-refractivity contribution in [2.75, 3.05) is 20.1 Å². The van der Waals surface area contributed by atoms with E-state index in [1.54, 1.807) is 0 Å². The molecule has 1 heteroatoms. The van der Waals surface area contributed by atoms with E-state index in [0.29, 0.717) is 0 Å². The highest BCUT2D eigenvalue weighted by Gasteiger charge is 2.10. The summed E-state index contributed by atoms with van der Waals surface area (Å²) in [6, 6.07) is 0. The van der Waals surface area contributed by atoms with Crippen molar-refractivity contribution in [3.05, 3.63) is 0 Å². The molecule has 1 atom stereocenters. The fourth-order valence-corrected chi connectivity index (χ4v) is 1.88. The fraction of sp³-hybridized carbons (Fsp3) is 1.00. The summed E-state index contributed by atoms with van der Waals surface area (Å²) in [5.74, 6) is 1.01. The van der Waals surface area contributed by atoms with Crippen molar-refractivity contribution in [2.24, 2.45) is 5.92 Å². The average Bonchev–Trinajstić information content (AvgIpc) is 1.98. The van der Waals surface area contributed by atoms with Gasteiger partial charge in [0, 0.05) is 0 Å². The van der Waals surface area contributed by atoms with Gasteiger partial charge < -0.3 is 4.90 Å². The highest BCUT2D eigenvalue weighted by Crippen LogP contribution is 2.19. The molecule has 0 aliphatic carbocycles. The van der Waals surface area contributed by atoms with E-state index in [1.165, 1.54) is 45.2 Å². The van der Waals surface area contributed by atoms with Crippen LogP contribution in [0.2, 0.25) is 0 Å². The van der Waals surface area contributed by atoms with E-state index in [0.717, 1.165) is 5.92 Å². The van der Waals surface area contributed by atoms with Gasteiger partial charge in [0.05, 0.1) is 0 Å². The van der Waals surface area contributed by atoms with Crippen LogP contribution in [-0.4, -0.2) is 25.0 Å². The second kappa shape index (κ2) is 4.76. The Hall–Kier alpha value is -0.0400. The lowest BCUT2D eigenvalue weighted by Gasteiger charge is -2.24. The Morgan fingerprint density at radius 3 is 2.73 bits per heavy atom. The van der Waals surface area contributed by atoms with E-state index in [2.05, 4.69) is 18.9 Å². The van der Waals surface area contributed by atoms with Gasteiger partial charge in [-0.25, -0.2) is 0 Å². The number of hydrogen-bond acceptors (Lipinski definition) is 1. The van der Waals surface area contributed by atoms with Gasteiger partial charge in [0.25, 0.3) is 0 Å². The summed E-state index contributed by atoms with van der Waals surface area (Å²) < 4.78 is 0. The predicted octanol–water partition coefficient (Wildman–Crippen LogP) is 2.52. The van der Waals surface area contributed by atoms with Crippen LogP contribution < -0.4 is 0 Å². The van der Waals surface area contributed by atoms with Gasteiger partial charge in [0.2, 0.25) is 0 Å². The molecule has 1 unspecified atom stereocenters. The third-order valence-electron chi connectivity index (χ3n) is 2.90. The second-order valence-corrected chi connectivity index (χ2v) is 3.86. The number of likely N-dealkylation sites (tertiary alicyclic amines) is 1. The molecule has 11 heavy (non-hydrogen) atoms. The number of hydrogen-bond donors (Lipinski definition) is 0. The Morgan fingerprint density at radius 1 is 1.18 bits per heavy atom. The van der Waals surface area contributed by atoms with Gasteiger partial charge in [0.15, 0.2) is 0 Å². The lowest BCUT2D eigenvalue weighted by Crippen LogP contribution is -2.25. The minimum atomic E-state index is 1.01. The summed E-state index contributed by atoms with van der Waals surface area (Å²) in [4.78, 5) is 2.47. The largest absolute Gasteiger partial charge is 0.306 e. The molecule has 1 saturated heterocycles. The molecule has 0 bridgehead atoms. The molecule has 0 radical (unpaired) electrons. The van der Waals surface area contributed by atoms with Crippen molar-refractivity contribution < 1.29 is 0 Å². The van der Waals surface area contributed by atoms with Crippen molar-refractivity contribution in [3.8, 4) is 0 Å². The molecule has 1 fully saturated rings. The Balaban J connectivity index is 2.25. The van der Waals surface area contributed by atoms with E-state index >= 15 is 0 Å². The molecule has 0 N–H and O–H groups in total. The molecule has 1 rings (SSSR count). The van der Waals surface area contributed by atoms with Crippen LogP contribution in [0.3, 0.4) is 0 Å². The summed E-state index contributed by atoms with van der Waals surface area (Å²) in [5.41, 5.74) is 0. The summed E-state index contributed by atoms with van der Waals surface area (Å²) in [6.45, 7) is 4.96. The first-order chi connectivity index (χ1) is 5.33. The zero-order valence-corrected chi connectivity index (χ0v) is 7.97. The highest BCUT2D eigenvalue weighted by molar-refractivity contribution is 4.65. The van der Waals surface area contributed by atoms with Crippen LogP contribution in [0.5, 0.6) is 0 Å². The molecule has 1 nitrogen and oxygen atoms in total. The van der Waals surface area contributed by atoms with E-state index in [-0.39, 0.29) is 0 Å². The van der Waals surface area contributed by atoms with Gasteiger partial charge in [-0.05, 0) is 38.9 Å². The zero-order chi connectivity index (χ0) is 8.10. The maximum atomic E-state index is 2.47. The smallest absolute Gasteiger partial charge is 0.00191 e. The predicted molar refractivity (Wildman–Crippen MR) is 49.7 cm³/mol. The Bertz CT molecular complexity index is 101. The van der Waals surface area contributed by atoms with Crippen LogP contribution in [0.4, 0.5) is 0 Å². The maximum Gasteiger partial charge on any atom is -0.00191 e. The van der Waals surface area contributed by atoms with Gasteiger partial charge in [-0.2, -0.15) is 0 Å². The van der Waals surface area contributed by atoms with Crippen molar-refractivity contribution in [2.45, 2.75) is 39.0 Å². The van der Waals surface area contributed by atoms with E-state index < -0.39 is 0 Å². The lowest BCUT2D eigenvalue weighted by molar-refractivity contribution is 0.254. The number of nitrogens with zero attached hydrogens (tertiary/aromatic N) is 1. The highest BCUT2D eigenvalue weighted by atomic mass is 15.1. The first-order valence-corrected chi connectivity index (χ1v) is 5.01. The van der Waals surface area contributed by atoms with Crippen molar-refractivity contribution >= 4 is 0 Å². The Labute approximate surface area is 70.8 Å². The Morgan fingerprint density at radius 2 is 2.00 bits per heavy atom. The van der Waals surface area contributed by atoms with Crippen LogP contribution in [0.25, 0.3) is 0 Å². The molecule has 0 spiro atoms. The minimum Gasteiger partial charge on any atom is -0.306 e. The molecule has 0 aromatic rings. The van der Waals surface area contributed by atoms with Crippen molar-refractivity contribution in [3.63, 3.8) is 0 Å². The summed E-state index contributed by atoms with van der Waals surface area (Å²) in [6.07, 6.45) is 7.14. The minimum absolute atomic E-state index is 1.01. The third kappa shape index (κ3) is 3.24. The average molecular weight is 155 g/mol. The molecular formula is C10H21N. The first kappa shape index (κ1) is 9.05. The van der Waals surface area contributed by atoms with Gasteiger partial charge in [0.1, 0.15) is 0 Å². The van der Waals surface area contributed by atoms with Crippen molar-refractivity contribution in [1.29, 1.82) is 0 Å². The second-order valence-electron chi connectivity index (χ2n) is 3.86. The SMILES string of the molecule is CCC1CCCCN(C)CC1. The molecule has 66 valence electrons. The van der Waals surface area contributed by atoms with Crippen LogP contribution in [0, 0.1) is 5.92 Å².